The Morgan fingerprint density at radius 3 is 2.30 bits per heavy atom. The molecule has 1 aromatic carbocycles. The normalized spacial score (nSPS) is 19.6. The van der Waals surface area contributed by atoms with Gasteiger partial charge in [0.05, 0.1) is 17.7 Å². The van der Waals surface area contributed by atoms with Gasteiger partial charge in [-0.05, 0) is 82.9 Å². The number of methoxy groups -OCH3 is 1. The van der Waals surface area contributed by atoms with Gasteiger partial charge >= 0.3 is 12.1 Å². The van der Waals surface area contributed by atoms with Crippen LogP contribution in [0.5, 0.6) is 0 Å². The second-order valence-corrected chi connectivity index (χ2v) is 11.2. The Labute approximate surface area is 188 Å². The molecule has 1 amide bonds. The van der Waals surface area contributed by atoms with Crippen LogP contribution in [-0.4, -0.2) is 48.0 Å². The Morgan fingerprint density at radius 1 is 1.13 bits per heavy atom. The highest BCUT2D eigenvalue weighted by Crippen LogP contribution is 2.48. The standard InChI is InChI=1S/C23H32ClNO4S/c1-22(2,3)29-21(27)25-13-11-23(12-14-25)9-7-16(8-10-23)30-17-5-6-18(19(24)15-17)20(26)28-4/h5-6,15-16H,7-14H2,1-4H3. The van der Waals surface area contributed by atoms with E-state index in [1.807, 2.05) is 49.6 Å². The van der Waals surface area contributed by atoms with Crippen LogP contribution in [0.25, 0.3) is 0 Å². The molecule has 1 aromatic rings. The molecule has 0 radical (unpaired) electrons. The second kappa shape index (κ2) is 9.39. The number of hydrogen-bond donors (Lipinski definition) is 0. The Morgan fingerprint density at radius 2 is 1.77 bits per heavy atom. The molecule has 0 unspecified atom stereocenters. The smallest absolute Gasteiger partial charge is 0.410 e. The number of carbonyl (C=O) groups excluding carboxylic acids is 2. The molecular weight excluding hydrogens is 422 g/mol. The van der Waals surface area contributed by atoms with Crippen molar-refractivity contribution in [2.75, 3.05) is 20.2 Å². The topological polar surface area (TPSA) is 55.8 Å². The van der Waals surface area contributed by atoms with Gasteiger partial charge in [-0.1, -0.05) is 11.6 Å². The number of halogens is 1. The number of likely N-dealkylation sites (tertiary alicyclic amines) is 1. The van der Waals surface area contributed by atoms with Crippen LogP contribution in [0.2, 0.25) is 5.02 Å². The van der Waals surface area contributed by atoms with Crippen LogP contribution in [0.15, 0.2) is 23.1 Å². The SMILES string of the molecule is COC(=O)c1ccc(SC2CCC3(CC2)CCN(C(=O)OC(C)(C)C)CC3)cc1Cl. The maximum absolute atomic E-state index is 12.3. The quantitative estimate of drug-likeness (QED) is 0.511. The van der Waals surface area contributed by atoms with Crippen molar-refractivity contribution in [1.82, 2.24) is 4.90 Å². The minimum atomic E-state index is -0.445. The minimum absolute atomic E-state index is 0.186. The van der Waals surface area contributed by atoms with Crippen LogP contribution in [0, 0.1) is 5.41 Å². The van der Waals surface area contributed by atoms with E-state index < -0.39 is 11.6 Å². The van der Waals surface area contributed by atoms with Gasteiger partial charge in [0, 0.05) is 23.2 Å². The maximum atomic E-state index is 12.3. The van der Waals surface area contributed by atoms with Crippen molar-refractivity contribution in [2.24, 2.45) is 5.41 Å². The van der Waals surface area contributed by atoms with Crippen LogP contribution in [0.4, 0.5) is 4.79 Å². The molecule has 1 heterocycles. The molecule has 1 saturated heterocycles. The summed E-state index contributed by atoms with van der Waals surface area (Å²) in [5.74, 6) is -0.408. The number of carbonyl (C=O) groups is 2. The van der Waals surface area contributed by atoms with Gasteiger partial charge in [-0.25, -0.2) is 9.59 Å². The summed E-state index contributed by atoms with van der Waals surface area (Å²) in [6.07, 6.45) is 6.64. The highest BCUT2D eigenvalue weighted by molar-refractivity contribution is 8.00. The van der Waals surface area contributed by atoms with Gasteiger partial charge in [-0.3, -0.25) is 0 Å². The molecule has 2 fully saturated rings. The van der Waals surface area contributed by atoms with Gasteiger partial charge in [0.15, 0.2) is 0 Å². The van der Waals surface area contributed by atoms with Gasteiger partial charge in [0.2, 0.25) is 0 Å². The number of benzene rings is 1. The molecule has 1 aliphatic heterocycles. The lowest BCUT2D eigenvalue weighted by atomic mass is 9.68. The van der Waals surface area contributed by atoms with E-state index in [-0.39, 0.29) is 6.09 Å². The third-order valence-corrected chi connectivity index (χ3v) is 7.76. The molecule has 7 heteroatoms. The first-order valence-corrected chi connectivity index (χ1v) is 11.9. The van der Waals surface area contributed by atoms with E-state index in [0.717, 1.165) is 43.7 Å². The van der Waals surface area contributed by atoms with Gasteiger partial charge in [0.1, 0.15) is 5.60 Å². The molecule has 1 spiro atoms. The fourth-order valence-electron chi connectivity index (χ4n) is 4.35. The third-order valence-electron chi connectivity index (χ3n) is 6.12. The van der Waals surface area contributed by atoms with Crippen molar-refractivity contribution in [3.8, 4) is 0 Å². The highest BCUT2D eigenvalue weighted by atomic mass is 35.5. The van der Waals surface area contributed by atoms with Crippen molar-refractivity contribution in [1.29, 1.82) is 0 Å². The molecule has 0 N–H and O–H groups in total. The fraction of sp³-hybridized carbons (Fsp3) is 0.652. The van der Waals surface area contributed by atoms with Gasteiger partial charge < -0.3 is 14.4 Å². The van der Waals surface area contributed by atoms with Crippen molar-refractivity contribution >= 4 is 35.4 Å². The number of thioether (sulfide) groups is 1. The van der Waals surface area contributed by atoms with E-state index in [9.17, 15) is 9.59 Å². The van der Waals surface area contributed by atoms with Crippen LogP contribution in [0.3, 0.4) is 0 Å². The summed E-state index contributed by atoms with van der Waals surface area (Å²) in [5, 5.41) is 0.994. The van der Waals surface area contributed by atoms with E-state index in [4.69, 9.17) is 21.1 Å². The van der Waals surface area contributed by atoms with Crippen LogP contribution in [0.1, 0.15) is 69.7 Å². The first-order valence-electron chi connectivity index (χ1n) is 10.6. The lowest BCUT2D eigenvalue weighted by Crippen LogP contribution is -2.46. The summed E-state index contributed by atoms with van der Waals surface area (Å²) in [5.41, 5.74) is 0.323. The minimum Gasteiger partial charge on any atom is -0.465 e. The molecule has 0 bridgehead atoms. The molecule has 30 heavy (non-hydrogen) atoms. The molecule has 3 rings (SSSR count). The van der Waals surface area contributed by atoms with Crippen LogP contribution < -0.4 is 0 Å². The molecule has 5 nitrogen and oxygen atoms in total. The van der Waals surface area contributed by atoms with Crippen molar-refractivity contribution in [2.45, 2.75) is 75.0 Å². The molecule has 1 saturated carbocycles. The Balaban J connectivity index is 1.49. The predicted octanol–water partition coefficient (Wildman–Crippen LogP) is 6.18. The first-order chi connectivity index (χ1) is 14.1. The number of piperidine rings is 1. The third kappa shape index (κ3) is 5.85. The van der Waals surface area contributed by atoms with E-state index in [2.05, 4.69) is 0 Å². The van der Waals surface area contributed by atoms with Crippen LogP contribution >= 0.6 is 23.4 Å². The lowest BCUT2D eigenvalue weighted by molar-refractivity contribution is 0.00476. The maximum Gasteiger partial charge on any atom is 0.410 e. The lowest BCUT2D eigenvalue weighted by Gasteiger charge is -2.45. The van der Waals surface area contributed by atoms with Crippen molar-refractivity contribution in [3.05, 3.63) is 28.8 Å². The second-order valence-electron chi connectivity index (χ2n) is 9.42. The Kier molecular flexibility index (Phi) is 7.28. The van der Waals surface area contributed by atoms with Gasteiger partial charge in [0.25, 0.3) is 0 Å². The number of rotatable bonds is 3. The molecule has 0 aromatic heterocycles. The van der Waals surface area contributed by atoms with Crippen molar-refractivity contribution < 1.29 is 19.1 Å². The zero-order valence-corrected chi connectivity index (χ0v) is 19.9. The summed E-state index contributed by atoms with van der Waals surface area (Å²) in [6.45, 7) is 7.30. The number of hydrogen-bond acceptors (Lipinski definition) is 5. The summed E-state index contributed by atoms with van der Waals surface area (Å²) in [7, 11) is 1.36. The summed E-state index contributed by atoms with van der Waals surface area (Å²) in [6, 6.07) is 5.56. The van der Waals surface area contributed by atoms with Crippen molar-refractivity contribution in [3.63, 3.8) is 0 Å². The average molecular weight is 454 g/mol. The number of ether oxygens (including phenoxy) is 2. The van der Waals surface area contributed by atoms with E-state index in [0.29, 0.717) is 21.3 Å². The van der Waals surface area contributed by atoms with Gasteiger partial charge in [-0.15, -0.1) is 11.8 Å². The summed E-state index contributed by atoms with van der Waals surface area (Å²) < 4.78 is 10.3. The molecule has 166 valence electrons. The highest BCUT2D eigenvalue weighted by Gasteiger charge is 2.40. The van der Waals surface area contributed by atoms with E-state index >= 15 is 0 Å². The number of amides is 1. The fourth-order valence-corrected chi connectivity index (χ4v) is 5.86. The Hall–Kier alpha value is -1.40. The summed E-state index contributed by atoms with van der Waals surface area (Å²) >= 11 is 8.10. The molecule has 1 aliphatic carbocycles. The average Bonchev–Trinajstić information content (AvgIpc) is 2.69. The molecule has 2 aliphatic rings. The largest absolute Gasteiger partial charge is 0.465 e. The zero-order valence-electron chi connectivity index (χ0n) is 18.3. The van der Waals surface area contributed by atoms with E-state index in [1.54, 1.807) is 6.07 Å². The van der Waals surface area contributed by atoms with Gasteiger partial charge in [-0.2, -0.15) is 0 Å². The zero-order chi connectivity index (χ0) is 21.9. The predicted molar refractivity (Wildman–Crippen MR) is 120 cm³/mol. The first kappa shape index (κ1) is 23.3. The van der Waals surface area contributed by atoms with E-state index in [1.165, 1.54) is 20.0 Å². The Bertz CT molecular complexity index is 774. The number of esters is 1. The molecule has 0 atom stereocenters. The van der Waals surface area contributed by atoms with Crippen LogP contribution in [-0.2, 0) is 9.47 Å². The monoisotopic (exact) mass is 453 g/mol. The summed E-state index contributed by atoms with van der Waals surface area (Å²) in [4.78, 5) is 27.0. The molecular formula is C23H32ClNO4S. The number of nitrogens with zero attached hydrogens (tertiary/aromatic N) is 1.